The van der Waals surface area contributed by atoms with Gasteiger partial charge in [-0.2, -0.15) is 0 Å². The maximum atomic E-state index is 11.7. The van der Waals surface area contributed by atoms with Crippen LogP contribution in [0.4, 0.5) is 0 Å². The summed E-state index contributed by atoms with van der Waals surface area (Å²) >= 11 is 0. The molecule has 3 heteroatoms. The summed E-state index contributed by atoms with van der Waals surface area (Å²) in [5.74, 6) is 0.905. The van der Waals surface area contributed by atoms with Crippen LogP contribution in [0, 0.1) is 23.7 Å². The minimum absolute atomic E-state index is 0.0405. The molecule has 1 saturated heterocycles. The summed E-state index contributed by atoms with van der Waals surface area (Å²) in [6.45, 7) is 0. The van der Waals surface area contributed by atoms with Gasteiger partial charge in [-0.1, -0.05) is 0 Å². The van der Waals surface area contributed by atoms with Crippen LogP contribution in [0.2, 0.25) is 0 Å². The van der Waals surface area contributed by atoms with Crippen molar-refractivity contribution < 1.29 is 14.3 Å². The predicted molar refractivity (Wildman–Crippen MR) is 46.4 cm³/mol. The first kappa shape index (κ1) is 7.35. The monoisotopic (exact) mass is 190 g/mol. The number of hydrogen-bond donors (Lipinski definition) is 0. The highest BCUT2D eigenvalue weighted by atomic mass is 16.6. The molecule has 0 aromatic rings. The van der Waals surface area contributed by atoms with Gasteiger partial charge in [-0.05, 0) is 30.4 Å². The molecular weight excluding hydrogens is 180 g/mol. The van der Waals surface area contributed by atoms with E-state index in [1.807, 2.05) is 0 Å². The molecule has 3 fully saturated rings. The van der Waals surface area contributed by atoms with Gasteiger partial charge in [0.2, 0.25) is 0 Å². The van der Waals surface area contributed by atoms with Crippen molar-refractivity contribution in [1.29, 1.82) is 0 Å². The average Bonchev–Trinajstić information content (AvgIpc) is 2.79. The molecule has 1 aliphatic heterocycles. The summed E-state index contributed by atoms with van der Waals surface area (Å²) in [5.41, 5.74) is 0. The number of ether oxygens (including phenoxy) is 1. The number of carbonyl (C=O) groups excluding carboxylic acids is 2. The molecule has 1 heterocycles. The zero-order valence-electron chi connectivity index (χ0n) is 7.55. The third-order valence-electron chi connectivity index (χ3n) is 4.33. The van der Waals surface area contributed by atoms with Crippen molar-refractivity contribution in [3.05, 3.63) is 12.2 Å². The van der Waals surface area contributed by atoms with Gasteiger partial charge in [0.05, 0.1) is 12.2 Å². The van der Waals surface area contributed by atoms with E-state index in [-0.39, 0.29) is 23.4 Å². The van der Waals surface area contributed by atoms with Crippen LogP contribution in [0.1, 0.15) is 6.42 Å². The fraction of sp³-hybridized carbons (Fsp3) is 0.636. The van der Waals surface area contributed by atoms with Crippen molar-refractivity contribution in [1.82, 2.24) is 0 Å². The minimum Gasteiger partial charge on any atom is -0.369 e. The van der Waals surface area contributed by atoms with E-state index >= 15 is 0 Å². The molecule has 3 aliphatic carbocycles. The lowest BCUT2D eigenvalue weighted by Gasteiger charge is -2.27. The van der Waals surface area contributed by atoms with Crippen molar-refractivity contribution in [2.45, 2.75) is 18.6 Å². The zero-order chi connectivity index (χ0) is 9.45. The largest absolute Gasteiger partial charge is 0.369 e. The Morgan fingerprint density at radius 2 is 1.50 bits per heavy atom. The van der Waals surface area contributed by atoms with E-state index in [1.165, 1.54) is 12.2 Å². The number of allylic oxidation sites excluding steroid dienone is 2. The molecule has 0 radical (unpaired) electrons. The van der Waals surface area contributed by atoms with Crippen LogP contribution in [-0.2, 0) is 14.3 Å². The zero-order valence-corrected chi connectivity index (χ0v) is 7.55. The first-order valence-corrected chi connectivity index (χ1v) is 5.18. The molecule has 0 aromatic carbocycles. The maximum Gasteiger partial charge on any atom is 0.160 e. The summed E-state index contributed by atoms with van der Waals surface area (Å²) in [5, 5.41) is 0. The number of hydrogen-bond acceptors (Lipinski definition) is 3. The van der Waals surface area contributed by atoms with Gasteiger partial charge in [0.25, 0.3) is 0 Å². The average molecular weight is 190 g/mol. The van der Waals surface area contributed by atoms with Crippen molar-refractivity contribution in [2.24, 2.45) is 23.7 Å². The van der Waals surface area contributed by atoms with E-state index in [9.17, 15) is 9.59 Å². The summed E-state index contributed by atoms with van der Waals surface area (Å²) < 4.78 is 5.50. The van der Waals surface area contributed by atoms with Gasteiger partial charge >= 0.3 is 0 Å². The van der Waals surface area contributed by atoms with E-state index in [4.69, 9.17) is 4.74 Å². The molecule has 2 bridgehead atoms. The topological polar surface area (TPSA) is 46.7 Å². The van der Waals surface area contributed by atoms with Gasteiger partial charge in [0.15, 0.2) is 11.6 Å². The summed E-state index contributed by atoms with van der Waals surface area (Å²) in [6.07, 6.45) is 4.57. The lowest BCUT2D eigenvalue weighted by atomic mass is 9.72. The quantitative estimate of drug-likeness (QED) is 0.517. The van der Waals surface area contributed by atoms with E-state index in [1.54, 1.807) is 0 Å². The fourth-order valence-electron chi connectivity index (χ4n) is 3.80. The molecule has 0 unspecified atom stereocenters. The molecule has 4 rings (SSSR count). The van der Waals surface area contributed by atoms with Crippen molar-refractivity contribution in [3.63, 3.8) is 0 Å². The van der Waals surface area contributed by atoms with Gasteiger partial charge in [-0.15, -0.1) is 0 Å². The number of fused-ring (bicyclic) bond motifs is 8. The molecule has 2 saturated carbocycles. The van der Waals surface area contributed by atoms with Crippen LogP contribution in [0.15, 0.2) is 12.2 Å². The lowest BCUT2D eigenvalue weighted by molar-refractivity contribution is -0.130. The third-order valence-corrected chi connectivity index (χ3v) is 4.33. The molecule has 0 aromatic heterocycles. The molecule has 14 heavy (non-hydrogen) atoms. The normalized spacial score (nSPS) is 57.4. The minimum atomic E-state index is -0.0405. The Balaban J connectivity index is 1.84. The highest BCUT2D eigenvalue weighted by molar-refractivity contribution is 6.08. The Bertz CT molecular complexity index is 350. The van der Waals surface area contributed by atoms with E-state index in [2.05, 4.69) is 0 Å². The lowest BCUT2D eigenvalue weighted by Crippen LogP contribution is -2.39. The Kier molecular flexibility index (Phi) is 1.05. The predicted octanol–water partition coefficient (Wildman–Crippen LogP) is 0.344. The van der Waals surface area contributed by atoms with Crippen LogP contribution in [-0.4, -0.2) is 23.8 Å². The molecule has 0 amide bonds. The molecule has 72 valence electrons. The van der Waals surface area contributed by atoms with E-state index in [0.29, 0.717) is 24.0 Å². The van der Waals surface area contributed by atoms with E-state index < -0.39 is 0 Å². The first-order valence-electron chi connectivity index (χ1n) is 5.18. The maximum absolute atomic E-state index is 11.7. The second-order valence-corrected chi connectivity index (χ2v) is 4.82. The van der Waals surface area contributed by atoms with Crippen LogP contribution in [0.25, 0.3) is 0 Å². The molecule has 0 spiro atoms. The second-order valence-electron chi connectivity index (χ2n) is 4.82. The molecule has 6 atom stereocenters. The summed E-state index contributed by atoms with van der Waals surface area (Å²) in [7, 11) is 0. The molecule has 4 aliphatic rings. The van der Waals surface area contributed by atoms with Gasteiger partial charge in [0, 0.05) is 11.8 Å². The van der Waals surface area contributed by atoms with Crippen LogP contribution < -0.4 is 0 Å². The van der Waals surface area contributed by atoms with Crippen molar-refractivity contribution in [3.8, 4) is 0 Å². The highest BCUT2D eigenvalue weighted by Gasteiger charge is 2.70. The number of epoxide rings is 1. The number of rotatable bonds is 0. The van der Waals surface area contributed by atoms with Crippen molar-refractivity contribution >= 4 is 11.6 Å². The SMILES string of the molecule is O=C1C=CC(=O)[C@H]2[C@H]3C[C@@H]([C@H]4O[C@@H]34)[C@@H]12. The molecular formula is C11H10O3. The number of ketones is 2. The highest BCUT2D eigenvalue weighted by Crippen LogP contribution is 2.62. The van der Waals surface area contributed by atoms with Crippen molar-refractivity contribution in [2.75, 3.05) is 0 Å². The standard InChI is InChI=1S/C11H10O3/c12-6-1-2-7(13)9-5-3-4(8(6)9)10-11(5)14-10/h1-2,4-5,8-11H,3H2/t4-,5-,8-,9+,10+,11-/m1/s1. The van der Waals surface area contributed by atoms with Gasteiger partial charge in [0.1, 0.15) is 0 Å². The van der Waals surface area contributed by atoms with Crippen LogP contribution in [0.5, 0.6) is 0 Å². The molecule has 0 N–H and O–H groups in total. The summed E-state index contributed by atoms with van der Waals surface area (Å²) in [6, 6.07) is 0. The fourth-order valence-corrected chi connectivity index (χ4v) is 3.80. The van der Waals surface area contributed by atoms with Crippen LogP contribution >= 0.6 is 0 Å². The van der Waals surface area contributed by atoms with E-state index in [0.717, 1.165) is 6.42 Å². The van der Waals surface area contributed by atoms with Gasteiger partial charge in [-0.3, -0.25) is 9.59 Å². The van der Waals surface area contributed by atoms with Gasteiger partial charge < -0.3 is 4.74 Å². The Morgan fingerprint density at radius 1 is 1.00 bits per heavy atom. The smallest absolute Gasteiger partial charge is 0.160 e. The Hall–Kier alpha value is -0.960. The Morgan fingerprint density at radius 3 is 2.00 bits per heavy atom. The molecule has 3 nitrogen and oxygen atoms in total. The third kappa shape index (κ3) is 0.630. The number of carbonyl (C=O) groups is 2. The second kappa shape index (κ2) is 2.01. The Labute approximate surface area is 81.1 Å². The summed E-state index contributed by atoms with van der Waals surface area (Å²) in [4.78, 5) is 23.4. The first-order chi connectivity index (χ1) is 6.77. The van der Waals surface area contributed by atoms with Crippen LogP contribution in [0.3, 0.4) is 0 Å². The van der Waals surface area contributed by atoms with Gasteiger partial charge in [-0.25, -0.2) is 0 Å².